The standard InChI is InChI=1S/C14H22F2N2O3S.ClH/c1-9(2)11-6-13(10(3)5-12(11)21-4)22(19,20)18-8-14(15,16)7-17;/h5-6,9,18H,7-8,17H2,1-4H3;1H. The van der Waals surface area contributed by atoms with Crippen LogP contribution in [0.25, 0.3) is 0 Å². The average molecular weight is 373 g/mol. The summed E-state index contributed by atoms with van der Waals surface area (Å²) in [6, 6.07) is 3.05. The first kappa shape index (κ1) is 22.0. The van der Waals surface area contributed by atoms with Crippen molar-refractivity contribution >= 4 is 22.4 Å². The summed E-state index contributed by atoms with van der Waals surface area (Å²) >= 11 is 0. The Morgan fingerprint density at radius 3 is 2.35 bits per heavy atom. The Bertz CT molecular complexity index is 637. The first-order valence-corrected chi connectivity index (χ1v) is 8.28. The van der Waals surface area contributed by atoms with Gasteiger partial charge in [0.2, 0.25) is 10.0 Å². The van der Waals surface area contributed by atoms with Crippen molar-refractivity contribution in [1.29, 1.82) is 0 Å². The van der Waals surface area contributed by atoms with Crippen LogP contribution in [0.1, 0.15) is 30.9 Å². The van der Waals surface area contributed by atoms with E-state index in [1.807, 2.05) is 18.6 Å². The Morgan fingerprint density at radius 2 is 1.91 bits per heavy atom. The third kappa shape index (κ3) is 5.56. The smallest absolute Gasteiger partial charge is 0.273 e. The Balaban J connectivity index is 0.00000484. The maximum atomic E-state index is 13.2. The van der Waals surface area contributed by atoms with Gasteiger partial charge in [-0.15, -0.1) is 12.4 Å². The topological polar surface area (TPSA) is 81.4 Å². The molecule has 1 aromatic rings. The number of rotatable bonds is 7. The van der Waals surface area contributed by atoms with Crippen LogP contribution in [-0.2, 0) is 10.0 Å². The number of hydrogen-bond donors (Lipinski definition) is 2. The third-order valence-corrected chi connectivity index (χ3v) is 4.80. The maximum Gasteiger partial charge on any atom is 0.273 e. The van der Waals surface area contributed by atoms with Gasteiger partial charge in [-0.1, -0.05) is 13.8 Å². The summed E-state index contributed by atoms with van der Waals surface area (Å²) in [5, 5.41) is 0. The fourth-order valence-corrected chi connectivity index (χ4v) is 3.27. The molecule has 0 aliphatic rings. The van der Waals surface area contributed by atoms with Crippen LogP contribution in [0.4, 0.5) is 8.78 Å². The minimum atomic E-state index is -4.06. The van der Waals surface area contributed by atoms with Gasteiger partial charge >= 0.3 is 0 Å². The summed E-state index contributed by atoms with van der Waals surface area (Å²) in [6.45, 7) is 3.41. The van der Waals surface area contributed by atoms with Crippen molar-refractivity contribution in [3.05, 3.63) is 23.3 Å². The number of aryl methyl sites for hydroxylation is 1. The first-order chi connectivity index (χ1) is 10.0. The highest BCUT2D eigenvalue weighted by Gasteiger charge is 2.30. The molecule has 0 aliphatic carbocycles. The van der Waals surface area contributed by atoms with Crippen LogP contribution in [0.2, 0.25) is 0 Å². The Hall–Kier alpha value is -0.960. The van der Waals surface area contributed by atoms with Gasteiger partial charge in [0, 0.05) is 0 Å². The number of alkyl halides is 2. The molecule has 0 fully saturated rings. The molecule has 1 rings (SSSR count). The molecule has 0 radical (unpaired) electrons. The van der Waals surface area contributed by atoms with Crippen molar-refractivity contribution in [3.63, 3.8) is 0 Å². The molecule has 0 heterocycles. The molecule has 23 heavy (non-hydrogen) atoms. The van der Waals surface area contributed by atoms with Crippen molar-refractivity contribution in [2.75, 3.05) is 20.2 Å². The molecule has 0 spiro atoms. The predicted octanol–water partition coefficient (Wildman–Crippen LogP) is 2.42. The fourth-order valence-electron chi connectivity index (χ4n) is 1.95. The van der Waals surface area contributed by atoms with E-state index in [-0.39, 0.29) is 23.2 Å². The second-order valence-electron chi connectivity index (χ2n) is 5.40. The number of nitrogens with one attached hydrogen (secondary N) is 1. The lowest BCUT2D eigenvalue weighted by molar-refractivity contribution is 0.0170. The van der Waals surface area contributed by atoms with Gasteiger partial charge < -0.3 is 10.5 Å². The van der Waals surface area contributed by atoms with Crippen molar-refractivity contribution in [3.8, 4) is 5.75 Å². The van der Waals surface area contributed by atoms with E-state index >= 15 is 0 Å². The summed E-state index contributed by atoms with van der Waals surface area (Å²) in [7, 11) is -2.56. The molecule has 0 aromatic heterocycles. The van der Waals surface area contributed by atoms with Gasteiger partial charge in [0.05, 0.1) is 25.1 Å². The van der Waals surface area contributed by atoms with Crippen LogP contribution >= 0.6 is 12.4 Å². The minimum Gasteiger partial charge on any atom is -0.496 e. The zero-order valence-corrected chi connectivity index (χ0v) is 15.2. The summed E-state index contributed by atoms with van der Waals surface area (Å²) in [4.78, 5) is -0.0372. The molecule has 1 aromatic carbocycles. The van der Waals surface area contributed by atoms with Gasteiger partial charge in [0.15, 0.2) is 0 Å². The number of benzene rings is 1. The van der Waals surface area contributed by atoms with Crippen LogP contribution in [-0.4, -0.2) is 34.5 Å². The Kier molecular flexibility index (Phi) is 7.89. The van der Waals surface area contributed by atoms with E-state index in [1.165, 1.54) is 13.2 Å². The molecule has 0 aliphatic heterocycles. The molecular formula is C14H23ClF2N2O3S. The lowest BCUT2D eigenvalue weighted by atomic mass is 10.0. The highest BCUT2D eigenvalue weighted by Crippen LogP contribution is 2.31. The maximum absolute atomic E-state index is 13.2. The van der Waals surface area contributed by atoms with Crippen molar-refractivity contribution in [1.82, 2.24) is 4.72 Å². The molecule has 0 saturated carbocycles. The zero-order chi connectivity index (χ0) is 17.1. The number of ether oxygens (including phenoxy) is 1. The average Bonchev–Trinajstić information content (AvgIpc) is 2.44. The second kappa shape index (κ2) is 8.23. The van der Waals surface area contributed by atoms with E-state index in [2.05, 4.69) is 0 Å². The van der Waals surface area contributed by atoms with Gasteiger partial charge in [0.25, 0.3) is 5.92 Å². The lowest BCUT2D eigenvalue weighted by Gasteiger charge is -2.18. The molecule has 134 valence electrons. The third-order valence-electron chi connectivity index (χ3n) is 3.26. The van der Waals surface area contributed by atoms with Crippen molar-refractivity contribution < 1.29 is 21.9 Å². The van der Waals surface area contributed by atoms with E-state index in [0.29, 0.717) is 16.9 Å². The summed E-state index contributed by atoms with van der Waals surface area (Å²) < 4.78 is 58.0. The van der Waals surface area contributed by atoms with Crippen LogP contribution in [0.15, 0.2) is 17.0 Å². The minimum absolute atomic E-state index is 0. The largest absolute Gasteiger partial charge is 0.496 e. The second-order valence-corrected chi connectivity index (χ2v) is 7.13. The molecule has 3 N–H and O–H groups in total. The molecule has 5 nitrogen and oxygen atoms in total. The summed E-state index contributed by atoms with van der Waals surface area (Å²) in [5.74, 6) is -2.69. The van der Waals surface area contributed by atoms with Crippen molar-refractivity contribution in [2.24, 2.45) is 5.73 Å². The molecule has 0 atom stereocenters. The molecule has 9 heteroatoms. The SMILES string of the molecule is COc1cc(C)c(S(=O)(=O)NCC(F)(F)CN)cc1C(C)C.Cl. The van der Waals surface area contributed by atoms with Crippen LogP contribution in [0, 0.1) is 6.92 Å². The lowest BCUT2D eigenvalue weighted by Crippen LogP contribution is -2.41. The number of methoxy groups -OCH3 is 1. The fraction of sp³-hybridized carbons (Fsp3) is 0.571. The Morgan fingerprint density at radius 1 is 1.35 bits per heavy atom. The van der Waals surface area contributed by atoms with Crippen LogP contribution < -0.4 is 15.2 Å². The first-order valence-electron chi connectivity index (χ1n) is 6.80. The number of halogens is 3. The molecule has 0 unspecified atom stereocenters. The highest BCUT2D eigenvalue weighted by atomic mass is 35.5. The van der Waals surface area contributed by atoms with E-state index < -0.39 is 29.0 Å². The zero-order valence-electron chi connectivity index (χ0n) is 13.5. The normalized spacial score (nSPS) is 12.2. The van der Waals surface area contributed by atoms with E-state index in [4.69, 9.17) is 10.5 Å². The van der Waals surface area contributed by atoms with E-state index in [1.54, 1.807) is 13.0 Å². The predicted molar refractivity (Wildman–Crippen MR) is 88.3 cm³/mol. The van der Waals surface area contributed by atoms with Crippen LogP contribution in [0.3, 0.4) is 0 Å². The van der Waals surface area contributed by atoms with Gasteiger partial charge in [-0.2, -0.15) is 0 Å². The summed E-state index contributed by atoms with van der Waals surface area (Å²) in [6.07, 6.45) is 0. The van der Waals surface area contributed by atoms with Gasteiger partial charge in [0.1, 0.15) is 5.75 Å². The van der Waals surface area contributed by atoms with Gasteiger partial charge in [-0.25, -0.2) is 21.9 Å². The monoisotopic (exact) mass is 372 g/mol. The quantitative estimate of drug-likeness (QED) is 0.770. The molecular weight excluding hydrogens is 350 g/mol. The van der Waals surface area contributed by atoms with Crippen LogP contribution in [0.5, 0.6) is 5.75 Å². The highest BCUT2D eigenvalue weighted by molar-refractivity contribution is 7.89. The molecule has 0 amide bonds. The van der Waals surface area contributed by atoms with E-state index in [9.17, 15) is 17.2 Å². The Labute approximate surface area is 142 Å². The molecule has 0 saturated heterocycles. The summed E-state index contributed by atoms with van der Waals surface area (Å²) in [5.41, 5.74) is 6.02. The molecule has 0 bridgehead atoms. The van der Waals surface area contributed by atoms with Gasteiger partial charge in [-0.3, -0.25) is 0 Å². The van der Waals surface area contributed by atoms with E-state index in [0.717, 1.165) is 0 Å². The number of sulfonamides is 1. The number of hydrogen-bond acceptors (Lipinski definition) is 4. The number of nitrogens with two attached hydrogens (primary N) is 1. The van der Waals surface area contributed by atoms with Crippen molar-refractivity contribution in [2.45, 2.75) is 37.5 Å². The van der Waals surface area contributed by atoms with Gasteiger partial charge in [-0.05, 0) is 36.1 Å².